The maximum atomic E-state index is 13.8. The number of carbonyl (C=O) groups is 2. The van der Waals surface area contributed by atoms with Gasteiger partial charge >= 0.3 is 6.03 Å². The lowest BCUT2D eigenvalue weighted by molar-refractivity contribution is -0.129. The Bertz CT molecular complexity index is 907. The molecule has 1 saturated heterocycles. The van der Waals surface area contributed by atoms with Crippen molar-refractivity contribution in [3.05, 3.63) is 60.2 Å². The van der Waals surface area contributed by atoms with Crippen LogP contribution < -0.4 is 9.64 Å². The highest BCUT2D eigenvalue weighted by Gasteiger charge is 2.52. The molecule has 3 rings (SSSR count). The summed E-state index contributed by atoms with van der Waals surface area (Å²) in [7, 11) is 5.09. The Balaban J connectivity index is 2.02. The number of benzene rings is 2. The van der Waals surface area contributed by atoms with Gasteiger partial charge in [-0.15, -0.1) is 0 Å². The summed E-state index contributed by atoms with van der Waals surface area (Å²) >= 11 is 0. The van der Waals surface area contributed by atoms with E-state index in [0.29, 0.717) is 17.9 Å². The summed E-state index contributed by atoms with van der Waals surface area (Å²) in [6.45, 7) is 6.15. The molecule has 6 nitrogen and oxygen atoms in total. The van der Waals surface area contributed by atoms with Gasteiger partial charge in [-0.05, 0) is 17.7 Å². The van der Waals surface area contributed by atoms with Gasteiger partial charge in [-0.3, -0.25) is 14.6 Å². The molecular weight excluding hydrogens is 378 g/mol. The van der Waals surface area contributed by atoms with Gasteiger partial charge in [-0.25, -0.2) is 4.79 Å². The van der Waals surface area contributed by atoms with E-state index in [1.54, 1.807) is 35.9 Å². The van der Waals surface area contributed by atoms with Crippen molar-refractivity contribution in [1.29, 1.82) is 0 Å². The van der Waals surface area contributed by atoms with Gasteiger partial charge in [0.25, 0.3) is 0 Å². The lowest BCUT2D eigenvalue weighted by atomic mass is 9.91. The minimum Gasteiger partial charge on any atom is -0.495 e. The van der Waals surface area contributed by atoms with E-state index in [-0.39, 0.29) is 23.5 Å². The second-order valence-electron chi connectivity index (χ2n) is 8.82. The first-order chi connectivity index (χ1) is 14.2. The molecule has 0 spiro atoms. The Kier molecular flexibility index (Phi) is 6.06. The van der Waals surface area contributed by atoms with E-state index >= 15 is 0 Å². The summed E-state index contributed by atoms with van der Waals surface area (Å²) in [4.78, 5) is 32.1. The number of carbonyl (C=O) groups excluding carboxylic acids is 2. The summed E-state index contributed by atoms with van der Waals surface area (Å²) in [5.74, 6) is 0.569. The number of ether oxygens (including phenoxy) is 1. The zero-order valence-corrected chi connectivity index (χ0v) is 18.6. The molecule has 0 bridgehead atoms. The van der Waals surface area contributed by atoms with Crippen LogP contribution in [0.2, 0.25) is 0 Å². The summed E-state index contributed by atoms with van der Waals surface area (Å²) in [6.07, 6.45) is 0.116. The zero-order valence-electron chi connectivity index (χ0n) is 18.6. The molecule has 0 aromatic heterocycles. The van der Waals surface area contributed by atoms with E-state index in [0.717, 1.165) is 5.56 Å². The third kappa shape index (κ3) is 3.99. The Morgan fingerprint density at radius 2 is 1.67 bits per heavy atom. The van der Waals surface area contributed by atoms with Crippen molar-refractivity contribution in [2.45, 2.75) is 39.4 Å². The van der Waals surface area contributed by atoms with Gasteiger partial charge < -0.3 is 9.64 Å². The molecule has 1 heterocycles. The third-order valence-corrected chi connectivity index (χ3v) is 5.60. The maximum absolute atomic E-state index is 13.8. The number of para-hydroxylation sites is 2. The Labute approximate surface area is 179 Å². The molecule has 0 N–H and O–H groups in total. The molecule has 2 unspecified atom stereocenters. The number of anilines is 1. The van der Waals surface area contributed by atoms with Crippen molar-refractivity contribution in [1.82, 2.24) is 9.80 Å². The van der Waals surface area contributed by atoms with Gasteiger partial charge in [0.05, 0.1) is 12.8 Å². The highest BCUT2D eigenvalue weighted by molar-refractivity contribution is 5.98. The van der Waals surface area contributed by atoms with E-state index < -0.39 is 6.04 Å². The molecule has 3 amide bonds. The Morgan fingerprint density at radius 1 is 1.07 bits per heavy atom. The highest BCUT2D eigenvalue weighted by Crippen LogP contribution is 2.37. The molecule has 1 aliphatic heterocycles. The fraction of sp³-hybridized carbons (Fsp3) is 0.417. The molecule has 30 heavy (non-hydrogen) atoms. The first-order valence-corrected chi connectivity index (χ1v) is 10.2. The van der Waals surface area contributed by atoms with Crippen molar-refractivity contribution < 1.29 is 14.3 Å². The lowest BCUT2D eigenvalue weighted by Gasteiger charge is -2.40. The number of urea groups is 1. The van der Waals surface area contributed by atoms with Crippen LogP contribution in [0.3, 0.4) is 0 Å². The van der Waals surface area contributed by atoms with Crippen molar-refractivity contribution in [2.24, 2.45) is 5.41 Å². The van der Waals surface area contributed by atoms with Gasteiger partial charge in [0.1, 0.15) is 18.0 Å². The first-order valence-electron chi connectivity index (χ1n) is 10.2. The molecule has 1 fully saturated rings. The Hall–Kier alpha value is -3.02. The zero-order chi connectivity index (χ0) is 22.1. The molecule has 160 valence electrons. The van der Waals surface area contributed by atoms with Crippen LogP contribution in [-0.2, 0) is 11.2 Å². The van der Waals surface area contributed by atoms with Crippen LogP contribution in [0.5, 0.6) is 5.75 Å². The molecule has 2 atom stereocenters. The minimum absolute atomic E-state index is 0.0412. The molecule has 6 heteroatoms. The molecule has 2 aromatic rings. The summed E-state index contributed by atoms with van der Waals surface area (Å²) in [5, 5.41) is 0. The fourth-order valence-electron chi connectivity index (χ4n) is 4.27. The number of nitrogens with zero attached hydrogens (tertiary/aromatic N) is 3. The van der Waals surface area contributed by atoms with Crippen molar-refractivity contribution in [3.8, 4) is 5.75 Å². The summed E-state index contributed by atoms with van der Waals surface area (Å²) in [6, 6.07) is 16.4. The monoisotopic (exact) mass is 409 g/mol. The van der Waals surface area contributed by atoms with E-state index in [9.17, 15) is 9.59 Å². The van der Waals surface area contributed by atoms with Crippen LogP contribution in [0, 0.1) is 5.41 Å². The molecule has 0 aliphatic carbocycles. The quantitative estimate of drug-likeness (QED) is 0.767. The van der Waals surface area contributed by atoms with Gasteiger partial charge in [0.15, 0.2) is 0 Å². The standard InChI is InChI=1S/C24H31N3O3/c1-24(2,3)22-26(5)21(28)19(16-17-12-8-7-9-13-17)27(22)23(29)25(4)18-14-10-11-15-20(18)30-6/h7-15,19,22H,16H2,1-6H3. The number of hydrogen-bond donors (Lipinski definition) is 0. The topological polar surface area (TPSA) is 53.1 Å². The molecule has 0 saturated carbocycles. The number of likely N-dealkylation sites (N-methyl/N-ethyl adjacent to an activating group) is 1. The van der Waals surface area contributed by atoms with E-state index in [4.69, 9.17) is 4.74 Å². The van der Waals surface area contributed by atoms with Gasteiger partial charge in [-0.2, -0.15) is 0 Å². The minimum atomic E-state index is -0.564. The molecule has 2 aromatic carbocycles. The van der Waals surface area contributed by atoms with Crippen molar-refractivity contribution in [2.75, 3.05) is 26.1 Å². The van der Waals surface area contributed by atoms with Gasteiger partial charge in [0, 0.05) is 25.9 Å². The van der Waals surface area contributed by atoms with Crippen molar-refractivity contribution in [3.63, 3.8) is 0 Å². The van der Waals surface area contributed by atoms with Crippen LogP contribution in [-0.4, -0.2) is 55.2 Å². The Morgan fingerprint density at radius 3 is 2.27 bits per heavy atom. The van der Waals surface area contributed by atoms with Crippen LogP contribution in [0.15, 0.2) is 54.6 Å². The normalized spacial score (nSPS) is 19.2. The number of rotatable bonds is 4. The number of hydrogen-bond acceptors (Lipinski definition) is 3. The highest BCUT2D eigenvalue weighted by atomic mass is 16.5. The predicted octanol–water partition coefficient (Wildman–Crippen LogP) is 4.01. The smallest absolute Gasteiger partial charge is 0.326 e. The average molecular weight is 410 g/mol. The van der Waals surface area contributed by atoms with E-state index in [1.807, 2.05) is 54.6 Å². The van der Waals surface area contributed by atoms with Crippen LogP contribution in [0.1, 0.15) is 26.3 Å². The van der Waals surface area contributed by atoms with Crippen LogP contribution in [0.4, 0.5) is 10.5 Å². The molecule has 0 radical (unpaired) electrons. The second-order valence-corrected chi connectivity index (χ2v) is 8.82. The third-order valence-electron chi connectivity index (χ3n) is 5.60. The SMILES string of the molecule is COc1ccccc1N(C)C(=O)N1C(Cc2ccccc2)C(=O)N(C)C1C(C)(C)C. The molecule has 1 aliphatic rings. The maximum Gasteiger partial charge on any atom is 0.326 e. The number of methoxy groups -OCH3 is 1. The van der Waals surface area contributed by atoms with E-state index in [1.165, 1.54) is 0 Å². The average Bonchev–Trinajstić information content (AvgIpc) is 2.98. The largest absolute Gasteiger partial charge is 0.495 e. The fourth-order valence-corrected chi connectivity index (χ4v) is 4.27. The second kappa shape index (κ2) is 8.38. The summed E-state index contributed by atoms with van der Waals surface area (Å²) < 4.78 is 5.45. The first kappa shape index (κ1) is 21.7. The van der Waals surface area contributed by atoms with Gasteiger partial charge in [-0.1, -0.05) is 63.2 Å². The lowest BCUT2D eigenvalue weighted by Crippen LogP contribution is -2.54. The van der Waals surface area contributed by atoms with Gasteiger partial charge in [0.2, 0.25) is 5.91 Å². The summed E-state index contributed by atoms with van der Waals surface area (Å²) in [5.41, 5.74) is 1.38. The van der Waals surface area contributed by atoms with Crippen LogP contribution in [0.25, 0.3) is 0 Å². The van der Waals surface area contributed by atoms with Crippen molar-refractivity contribution >= 4 is 17.6 Å². The molecular formula is C24H31N3O3. The van der Waals surface area contributed by atoms with E-state index in [2.05, 4.69) is 20.8 Å². The predicted molar refractivity (Wildman–Crippen MR) is 119 cm³/mol. The number of amides is 3. The van der Waals surface area contributed by atoms with Crippen LogP contribution >= 0.6 is 0 Å².